The Balaban J connectivity index is 0.946. The van der Waals surface area contributed by atoms with Crippen LogP contribution in [0.3, 0.4) is 0 Å². The van der Waals surface area contributed by atoms with Gasteiger partial charge in [0.15, 0.2) is 17.5 Å². The molecule has 0 spiro atoms. The van der Waals surface area contributed by atoms with Gasteiger partial charge < -0.3 is 13.4 Å². The first-order valence-corrected chi connectivity index (χ1v) is 20.4. The lowest BCUT2D eigenvalue weighted by molar-refractivity contribution is 0.425. The van der Waals surface area contributed by atoms with Crippen LogP contribution in [0.15, 0.2) is 167 Å². The maximum atomic E-state index is 6.85. The summed E-state index contributed by atoms with van der Waals surface area (Å²) in [4.78, 5) is 14.9. The predicted octanol–water partition coefficient (Wildman–Crippen LogP) is 13.7. The summed E-state index contributed by atoms with van der Waals surface area (Å²) in [6.07, 6.45) is 12.9. The highest BCUT2D eigenvalue weighted by Crippen LogP contribution is 2.46. The minimum Gasteiger partial charge on any atom is -0.459 e. The second-order valence-electron chi connectivity index (χ2n) is 16.3. The molecule has 6 heteroatoms. The summed E-state index contributed by atoms with van der Waals surface area (Å²) in [5.74, 6) is 3.50. The van der Waals surface area contributed by atoms with Crippen LogP contribution in [-0.2, 0) is 5.41 Å². The number of nitrogens with zero attached hydrogens (tertiary/aromatic N) is 4. The molecule has 0 saturated heterocycles. The molecule has 12 rings (SSSR count). The Morgan fingerprint density at radius 3 is 2.14 bits per heavy atom. The van der Waals surface area contributed by atoms with Crippen LogP contribution in [-0.4, -0.2) is 19.5 Å². The number of fused-ring (bicyclic) bond motifs is 9. The summed E-state index contributed by atoms with van der Waals surface area (Å²) in [6, 6.07) is 46.9. The third-order valence-corrected chi connectivity index (χ3v) is 12.5. The van der Waals surface area contributed by atoms with Crippen LogP contribution in [0.5, 0.6) is 0 Å². The van der Waals surface area contributed by atoms with E-state index in [0.717, 1.165) is 90.5 Å². The lowest BCUT2D eigenvalue weighted by atomic mass is 9.73. The molecule has 2 aliphatic rings. The molecule has 6 nitrogen and oxygen atoms in total. The minimum absolute atomic E-state index is 0.379. The highest BCUT2D eigenvalue weighted by atomic mass is 16.3. The van der Waals surface area contributed by atoms with Crippen LogP contribution in [0.4, 0.5) is 0 Å². The van der Waals surface area contributed by atoms with Crippen molar-refractivity contribution < 1.29 is 8.83 Å². The third kappa shape index (κ3) is 5.29. The van der Waals surface area contributed by atoms with Gasteiger partial charge in [0.05, 0.1) is 16.4 Å². The number of hydrogen-bond donors (Lipinski definition) is 0. The molecule has 0 N–H and O–H groups in total. The van der Waals surface area contributed by atoms with Crippen molar-refractivity contribution in [2.24, 2.45) is 5.92 Å². The van der Waals surface area contributed by atoms with Gasteiger partial charge in [-0.25, -0.2) is 15.0 Å². The van der Waals surface area contributed by atoms with Crippen molar-refractivity contribution in [2.75, 3.05) is 0 Å². The molecule has 0 amide bonds. The Bertz CT molecular complexity index is 3420. The molecule has 4 aromatic heterocycles. The average Bonchev–Trinajstić information content (AvgIpc) is 3.95. The first kappa shape index (κ1) is 33.8. The fourth-order valence-electron chi connectivity index (χ4n) is 9.27. The van der Waals surface area contributed by atoms with E-state index >= 15 is 0 Å². The molecule has 0 saturated carbocycles. The van der Waals surface area contributed by atoms with E-state index in [-0.39, 0.29) is 5.41 Å². The van der Waals surface area contributed by atoms with Crippen molar-refractivity contribution >= 4 is 66.4 Å². The molecule has 6 aromatic carbocycles. The molecule has 4 heterocycles. The molecule has 282 valence electrons. The molecule has 2 atom stereocenters. The summed E-state index contributed by atoms with van der Waals surface area (Å²) in [7, 11) is 0. The number of furan rings is 2. The predicted molar refractivity (Wildman–Crippen MR) is 240 cm³/mol. The SMILES string of the molecule is CC1C=CC(c2nc(-c3ccccc3)nc(-c3ccc(C4(C)CC=Cc5c4oc4ccc(-n6c7ccccc7c7cc8oc9ccccc9c8cc76)cc54)cc3)n2)=CC1. The number of aromatic nitrogens is 4. The topological polar surface area (TPSA) is 69.9 Å². The Labute approximate surface area is 340 Å². The van der Waals surface area contributed by atoms with Crippen LogP contribution < -0.4 is 0 Å². The van der Waals surface area contributed by atoms with Crippen LogP contribution in [0, 0.1) is 5.92 Å². The normalized spacial score (nSPS) is 17.7. The van der Waals surface area contributed by atoms with Crippen LogP contribution in [0.25, 0.3) is 94.8 Å². The van der Waals surface area contributed by atoms with Gasteiger partial charge in [0, 0.05) is 54.9 Å². The van der Waals surface area contributed by atoms with E-state index in [0.29, 0.717) is 23.4 Å². The number of rotatable bonds is 5. The molecule has 0 fully saturated rings. The van der Waals surface area contributed by atoms with Crippen molar-refractivity contribution in [1.29, 1.82) is 0 Å². The first-order chi connectivity index (χ1) is 29.0. The van der Waals surface area contributed by atoms with Crippen LogP contribution >= 0.6 is 0 Å². The molecule has 0 bridgehead atoms. The van der Waals surface area contributed by atoms with Gasteiger partial charge in [-0.3, -0.25) is 0 Å². The minimum atomic E-state index is -0.379. The summed E-state index contributed by atoms with van der Waals surface area (Å²) < 4.78 is 15.6. The molecule has 0 aliphatic heterocycles. The Hall–Kier alpha value is -7.31. The van der Waals surface area contributed by atoms with Crippen LogP contribution in [0.1, 0.15) is 49.4 Å². The van der Waals surface area contributed by atoms with Gasteiger partial charge in [-0.1, -0.05) is 128 Å². The standard InChI is InChI=1S/C53H38N4O2/c1-32-18-20-34(21-19-32)51-54-50(33-11-4-3-5-12-33)55-52(56-51)35-22-24-36(25-23-35)53(2)28-10-15-40-42-29-37(26-27-47(42)59-49(40)53)57-44-16-8-6-13-38(44)41-31-48-43(30-45(41)57)39-14-7-9-17-46(39)58-48/h3-18,20-27,29-32H,19,28H2,1-2H3. The summed E-state index contributed by atoms with van der Waals surface area (Å²) in [6.45, 7) is 4.51. The average molecular weight is 763 g/mol. The van der Waals surface area contributed by atoms with Crippen molar-refractivity contribution in [2.45, 2.75) is 32.1 Å². The van der Waals surface area contributed by atoms with E-state index in [1.807, 2.05) is 42.5 Å². The van der Waals surface area contributed by atoms with E-state index in [2.05, 4.69) is 140 Å². The Morgan fingerprint density at radius 1 is 0.593 bits per heavy atom. The van der Waals surface area contributed by atoms with E-state index in [4.69, 9.17) is 23.8 Å². The molecular weight excluding hydrogens is 725 g/mol. The zero-order valence-electron chi connectivity index (χ0n) is 32.7. The lowest BCUT2D eigenvalue weighted by Crippen LogP contribution is -2.25. The molecule has 2 unspecified atom stereocenters. The Kier molecular flexibility index (Phi) is 7.36. The molecular formula is C53H38N4O2. The fourth-order valence-corrected chi connectivity index (χ4v) is 9.27. The van der Waals surface area contributed by atoms with E-state index in [1.54, 1.807) is 0 Å². The third-order valence-electron chi connectivity index (χ3n) is 12.5. The lowest BCUT2D eigenvalue weighted by Gasteiger charge is -2.30. The fraction of sp³-hybridized carbons (Fsp3) is 0.113. The molecule has 10 aromatic rings. The zero-order valence-corrected chi connectivity index (χ0v) is 32.7. The van der Waals surface area contributed by atoms with Gasteiger partial charge in [-0.2, -0.15) is 0 Å². The quantitative estimate of drug-likeness (QED) is 0.175. The smallest absolute Gasteiger partial charge is 0.164 e. The van der Waals surface area contributed by atoms with Gasteiger partial charge in [-0.15, -0.1) is 0 Å². The highest BCUT2D eigenvalue weighted by molar-refractivity contribution is 6.17. The number of benzene rings is 6. The second-order valence-corrected chi connectivity index (χ2v) is 16.3. The van der Waals surface area contributed by atoms with Crippen molar-refractivity contribution in [1.82, 2.24) is 19.5 Å². The second kappa shape index (κ2) is 12.9. The molecule has 59 heavy (non-hydrogen) atoms. The van der Waals surface area contributed by atoms with E-state index < -0.39 is 0 Å². The van der Waals surface area contributed by atoms with Crippen molar-refractivity contribution in [3.63, 3.8) is 0 Å². The molecule has 2 aliphatic carbocycles. The number of allylic oxidation sites excluding steroid dienone is 5. The number of hydrogen-bond acceptors (Lipinski definition) is 5. The summed E-state index contributed by atoms with van der Waals surface area (Å²) in [5.41, 5.74) is 10.9. The summed E-state index contributed by atoms with van der Waals surface area (Å²) >= 11 is 0. The van der Waals surface area contributed by atoms with Gasteiger partial charge in [-0.05, 0) is 73.7 Å². The monoisotopic (exact) mass is 762 g/mol. The van der Waals surface area contributed by atoms with E-state index in [9.17, 15) is 0 Å². The Morgan fingerprint density at radius 2 is 1.32 bits per heavy atom. The van der Waals surface area contributed by atoms with Gasteiger partial charge >= 0.3 is 0 Å². The van der Waals surface area contributed by atoms with E-state index in [1.165, 1.54) is 16.3 Å². The maximum absolute atomic E-state index is 6.85. The van der Waals surface area contributed by atoms with Gasteiger partial charge in [0.1, 0.15) is 22.5 Å². The first-order valence-electron chi connectivity index (χ1n) is 20.4. The summed E-state index contributed by atoms with van der Waals surface area (Å²) in [5, 5.41) is 5.70. The van der Waals surface area contributed by atoms with Crippen LogP contribution in [0.2, 0.25) is 0 Å². The molecule has 0 radical (unpaired) electrons. The van der Waals surface area contributed by atoms with Gasteiger partial charge in [0.2, 0.25) is 0 Å². The zero-order chi connectivity index (χ0) is 39.2. The van der Waals surface area contributed by atoms with Crippen molar-refractivity contribution in [3.8, 4) is 28.5 Å². The largest absolute Gasteiger partial charge is 0.459 e. The number of para-hydroxylation sites is 2. The maximum Gasteiger partial charge on any atom is 0.164 e. The van der Waals surface area contributed by atoms with Crippen molar-refractivity contribution in [3.05, 3.63) is 180 Å². The van der Waals surface area contributed by atoms with Gasteiger partial charge in [0.25, 0.3) is 0 Å². The highest BCUT2D eigenvalue weighted by Gasteiger charge is 2.37.